The molecule has 2 aromatic heterocycles. The van der Waals surface area contributed by atoms with Gasteiger partial charge in [0.2, 0.25) is 5.60 Å². The Hall–Kier alpha value is -4.92. The molecule has 4 fully saturated rings. The van der Waals surface area contributed by atoms with Crippen LogP contribution in [0.5, 0.6) is 11.5 Å². The largest absolute Gasteiger partial charge is 0.504 e. The maximum Gasteiger partial charge on any atom is 0.352 e. The number of carbonyl (C=O) groups excluding carboxylic acids is 2. The summed E-state index contributed by atoms with van der Waals surface area (Å²) >= 11 is 8.60. The number of thiazole rings is 1. The van der Waals surface area contributed by atoms with Crippen LogP contribution >= 0.6 is 34.7 Å². The number of rotatable bonds is 11. The number of oxime groups is 1. The second-order valence-electron chi connectivity index (χ2n) is 15.0. The molecule has 3 aromatic rings. The molecule has 2 bridgehead atoms. The first-order chi connectivity index (χ1) is 25.9. The average Bonchev–Trinajstić information content (AvgIpc) is 3.57. The van der Waals surface area contributed by atoms with Crippen molar-refractivity contribution in [3.8, 4) is 11.5 Å². The predicted molar refractivity (Wildman–Crippen MR) is 200 cm³/mol. The lowest BCUT2D eigenvalue weighted by Gasteiger charge is -2.56. The van der Waals surface area contributed by atoms with Gasteiger partial charge in [0.25, 0.3) is 17.4 Å². The average molecular weight is 818 g/mol. The minimum atomic E-state index is -1.79. The predicted octanol–water partition coefficient (Wildman–Crippen LogP) is 1.91. The Morgan fingerprint density at radius 2 is 1.85 bits per heavy atom. The third kappa shape index (κ3) is 6.63. The van der Waals surface area contributed by atoms with Crippen LogP contribution in [0.15, 0.2) is 39.0 Å². The van der Waals surface area contributed by atoms with E-state index in [-0.39, 0.29) is 43.1 Å². The number of amides is 2. The molecule has 0 aliphatic carbocycles. The molecule has 5 aliphatic rings. The molecule has 4 saturated heterocycles. The van der Waals surface area contributed by atoms with E-state index in [4.69, 9.17) is 22.2 Å². The zero-order valence-electron chi connectivity index (χ0n) is 29.8. The summed E-state index contributed by atoms with van der Waals surface area (Å²) in [5.41, 5.74) is 3.63. The number of carbonyl (C=O) groups is 4. The van der Waals surface area contributed by atoms with Crippen LogP contribution in [-0.4, -0.2) is 122 Å². The van der Waals surface area contributed by atoms with Crippen LogP contribution in [0.4, 0.5) is 5.13 Å². The number of quaternary nitrogens is 1. The molecule has 0 radical (unpaired) electrons. The fourth-order valence-electron chi connectivity index (χ4n) is 7.76. The van der Waals surface area contributed by atoms with E-state index >= 15 is 0 Å². The first-order valence-corrected chi connectivity index (χ1v) is 19.5. The molecular weight excluding hydrogens is 780 g/mol. The number of nitrogens with one attached hydrogen (secondary N) is 1. The highest BCUT2D eigenvalue weighted by Crippen LogP contribution is 2.49. The third-order valence-corrected chi connectivity index (χ3v) is 13.6. The van der Waals surface area contributed by atoms with Crippen molar-refractivity contribution in [3.05, 3.63) is 50.1 Å². The van der Waals surface area contributed by atoms with Crippen LogP contribution < -0.4 is 16.6 Å². The topological polar surface area (TPSA) is 260 Å². The number of β-lactam (4-membered cyclic amide) rings is 1. The number of benzene rings is 1. The lowest BCUT2D eigenvalue weighted by Crippen LogP contribution is -2.72. The number of anilines is 1. The number of phenols is 2. The van der Waals surface area contributed by atoms with E-state index in [9.17, 15) is 44.4 Å². The number of hydrogen-bond donors (Lipinski definition) is 6. The normalized spacial score (nSPS) is 26.5. The van der Waals surface area contributed by atoms with Gasteiger partial charge in [-0.15, -0.1) is 23.1 Å². The SMILES string of the molecule is C[C@@H]1S[C@@H]2[C@H](NC(=O)/C(=N\OC(C)(C)C(=O)O)c3csc(N)n3)C(=O)N2C(C(=O)O)=C1C[N+]12CCC(Cn3cnc4cc(O)c(O)c(Cl)c4c3=O)(CC1)CC2. The quantitative estimate of drug-likeness (QED) is 0.0531. The maximum atomic E-state index is 13.6. The van der Waals surface area contributed by atoms with Gasteiger partial charge in [-0.2, -0.15) is 0 Å². The van der Waals surface area contributed by atoms with Gasteiger partial charge in [0.1, 0.15) is 34.4 Å². The minimum Gasteiger partial charge on any atom is -0.504 e. The second kappa shape index (κ2) is 13.7. The first kappa shape index (κ1) is 38.4. The molecule has 55 heavy (non-hydrogen) atoms. The van der Waals surface area contributed by atoms with Gasteiger partial charge in [-0.3, -0.25) is 23.9 Å². The van der Waals surface area contributed by atoms with Crippen LogP contribution in [0.25, 0.3) is 10.9 Å². The molecule has 0 spiro atoms. The molecule has 292 valence electrons. The van der Waals surface area contributed by atoms with Crippen molar-refractivity contribution >= 4 is 80.2 Å². The number of aromatic nitrogens is 3. The van der Waals surface area contributed by atoms with Gasteiger partial charge in [0.05, 0.1) is 36.9 Å². The van der Waals surface area contributed by atoms with E-state index in [2.05, 4.69) is 20.4 Å². The highest BCUT2D eigenvalue weighted by molar-refractivity contribution is 8.00. The zero-order valence-corrected chi connectivity index (χ0v) is 32.2. The van der Waals surface area contributed by atoms with Crippen molar-refractivity contribution in [2.24, 2.45) is 10.6 Å². The van der Waals surface area contributed by atoms with Crippen LogP contribution in [-0.2, 0) is 30.6 Å². The van der Waals surface area contributed by atoms with E-state index in [1.807, 2.05) is 6.92 Å². The molecule has 7 N–H and O–H groups in total. The van der Waals surface area contributed by atoms with Crippen LogP contribution in [0.3, 0.4) is 0 Å². The number of carboxylic acid groups (broad SMARTS) is 2. The molecule has 18 nitrogen and oxygen atoms in total. The van der Waals surface area contributed by atoms with E-state index in [0.29, 0.717) is 23.1 Å². The number of nitrogens with zero attached hydrogens (tertiary/aromatic N) is 6. The molecule has 1 aromatic carbocycles. The van der Waals surface area contributed by atoms with E-state index < -0.39 is 63.5 Å². The Morgan fingerprint density at radius 3 is 2.45 bits per heavy atom. The maximum absolute atomic E-state index is 13.6. The Kier molecular flexibility index (Phi) is 9.54. The van der Waals surface area contributed by atoms with Crippen LogP contribution in [0.2, 0.25) is 5.02 Å². The summed E-state index contributed by atoms with van der Waals surface area (Å²) in [6.07, 6.45) is 3.69. The van der Waals surface area contributed by atoms with Gasteiger partial charge >= 0.3 is 11.9 Å². The number of nitrogens with two attached hydrogens (primary N) is 1. The van der Waals surface area contributed by atoms with Crippen molar-refractivity contribution in [2.45, 2.75) is 68.8 Å². The first-order valence-electron chi connectivity index (χ1n) is 17.3. The Labute approximate surface area is 325 Å². The molecule has 8 rings (SSSR count). The number of nitrogen functional groups attached to an aromatic ring is 1. The Balaban J connectivity index is 1.07. The van der Waals surface area contributed by atoms with Gasteiger partial charge in [-0.05, 0) is 20.8 Å². The lowest BCUT2D eigenvalue weighted by atomic mass is 9.70. The summed E-state index contributed by atoms with van der Waals surface area (Å²) in [5.74, 6) is -5.13. The summed E-state index contributed by atoms with van der Waals surface area (Å²) in [7, 11) is 0. The summed E-state index contributed by atoms with van der Waals surface area (Å²) in [4.78, 5) is 79.8. The smallest absolute Gasteiger partial charge is 0.352 e. The number of phenolic OH excluding ortho intramolecular Hbond substituents is 2. The van der Waals surface area contributed by atoms with Crippen LogP contribution in [0, 0.1) is 5.41 Å². The highest BCUT2D eigenvalue weighted by Gasteiger charge is 2.58. The number of aliphatic carboxylic acids is 2. The second-order valence-corrected chi connectivity index (χ2v) is 17.7. The van der Waals surface area contributed by atoms with Crippen LogP contribution in [0.1, 0.15) is 45.7 Å². The van der Waals surface area contributed by atoms with Crippen molar-refractivity contribution in [3.63, 3.8) is 0 Å². The number of halogens is 1. The number of carboxylic acids is 2. The summed E-state index contributed by atoms with van der Waals surface area (Å²) in [5, 5.41) is 46.6. The summed E-state index contributed by atoms with van der Waals surface area (Å²) in [6.45, 7) is 7.33. The van der Waals surface area contributed by atoms with Gasteiger partial charge in [0, 0.05) is 53.5 Å². The summed E-state index contributed by atoms with van der Waals surface area (Å²) in [6, 6.07) is 0.0824. The van der Waals surface area contributed by atoms with Gasteiger partial charge in [-0.1, -0.05) is 16.8 Å². The van der Waals surface area contributed by atoms with Crippen molar-refractivity contribution in [2.75, 3.05) is 31.9 Å². The fraction of sp³-hybridized carbons (Fsp3) is 0.471. The molecule has 7 heterocycles. The number of fused-ring (bicyclic) bond motifs is 5. The minimum absolute atomic E-state index is 0.00993. The van der Waals surface area contributed by atoms with Crippen molar-refractivity contribution < 1.29 is 48.9 Å². The van der Waals surface area contributed by atoms with Crippen molar-refractivity contribution in [1.82, 2.24) is 24.8 Å². The number of hydrogen-bond acceptors (Lipinski definition) is 14. The number of thioether (sulfide) groups is 1. The molecule has 5 aliphatic heterocycles. The van der Waals surface area contributed by atoms with Gasteiger partial charge in [-0.25, -0.2) is 19.6 Å². The molecule has 2 amide bonds. The fourth-order valence-corrected chi connectivity index (χ4v) is 10.0. The standard InChI is InChI=1S/C34H37ClN8O10S2/c1-15-16(11-43-7-4-34(5-8-43,6-9-43)13-41-14-37-17-10-19(44)25(45)21(35)20(17)27(41)47)24(30(49)50)42-28(48)23(29(42)55-15)39-26(46)22(18-12-54-32(36)38-18)40-53-33(2,3)31(51)52/h10,12,14-15,23,29H,4-9,11,13H2,1-3H3,(H6-,36,38,39,40,44,45,46,47,49,50,51,52)/p+1/t15-,23+,29+,34?,43?/m0/s1. The Bertz CT molecular complexity index is 2270. The van der Waals surface area contributed by atoms with E-state index in [0.717, 1.165) is 50.2 Å². The molecule has 21 heteroatoms. The number of aromatic hydroxyl groups is 2. The number of piperidine rings is 3. The molecular formula is C34H38ClN8O10S2+. The highest BCUT2D eigenvalue weighted by atomic mass is 35.5. The molecule has 3 atom stereocenters. The lowest BCUT2D eigenvalue weighted by molar-refractivity contribution is -0.941. The van der Waals surface area contributed by atoms with E-state index in [1.54, 1.807) is 0 Å². The monoisotopic (exact) mass is 817 g/mol. The van der Waals surface area contributed by atoms with Gasteiger partial charge < -0.3 is 40.8 Å². The molecule has 0 unspecified atom stereocenters. The Morgan fingerprint density at radius 1 is 1.18 bits per heavy atom. The van der Waals surface area contributed by atoms with E-state index in [1.165, 1.54) is 52.9 Å². The van der Waals surface area contributed by atoms with Gasteiger partial charge in [0.15, 0.2) is 22.3 Å². The zero-order chi connectivity index (χ0) is 39.8. The third-order valence-electron chi connectivity index (χ3n) is 11.1. The molecule has 0 saturated carbocycles. The van der Waals surface area contributed by atoms with Crippen molar-refractivity contribution in [1.29, 1.82) is 0 Å². The summed E-state index contributed by atoms with van der Waals surface area (Å²) < 4.78 is 2.12.